The number of nitrogens with two attached hydrogens (primary N) is 1. The first kappa shape index (κ1) is 46.0. The molecule has 0 spiro atoms. The van der Waals surface area contributed by atoms with Gasteiger partial charge in [0.2, 0.25) is 0 Å². The topological polar surface area (TPSA) is 151 Å². The summed E-state index contributed by atoms with van der Waals surface area (Å²) in [5, 5.41) is 8.59. The molecule has 0 saturated carbocycles. The highest BCUT2D eigenvalue weighted by Crippen LogP contribution is 2.39. The molecule has 8 bridgehead atoms. The van der Waals surface area contributed by atoms with Gasteiger partial charge in [-0.05, 0) is 104 Å². The van der Waals surface area contributed by atoms with Crippen molar-refractivity contribution in [2.24, 2.45) is 5.73 Å². The van der Waals surface area contributed by atoms with Gasteiger partial charge < -0.3 is 34.6 Å². The molecule has 8 aromatic rings. The Bertz CT molecular complexity index is 3290. The maximum atomic E-state index is 6.25. The molecular formula is C58H56N8O4. The number of hydrogen-bond donors (Lipinski definition) is 3. The Morgan fingerprint density at radius 3 is 1.23 bits per heavy atom. The van der Waals surface area contributed by atoms with Crippen molar-refractivity contribution >= 4 is 46.4 Å². The minimum Gasteiger partial charge on any atom is -0.487 e. The van der Waals surface area contributed by atoms with Gasteiger partial charge in [0.25, 0.3) is 0 Å². The Morgan fingerprint density at radius 2 is 0.829 bits per heavy atom. The molecule has 352 valence electrons. The van der Waals surface area contributed by atoms with Crippen LogP contribution in [0.4, 0.5) is 0 Å². The summed E-state index contributed by atoms with van der Waals surface area (Å²) in [5.74, 6) is 0.708. The second-order valence-corrected chi connectivity index (χ2v) is 17.5. The first-order valence-corrected chi connectivity index (χ1v) is 23.8. The second kappa shape index (κ2) is 21.3. The zero-order valence-corrected chi connectivity index (χ0v) is 39.7. The van der Waals surface area contributed by atoms with Crippen molar-refractivity contribution in [3.05, 3.63) is 173 Å². The monoisotopic (exact) mass is 928 g/mol. The van der Waals surface area contributed by atoms with E-state index in [9.17, 15) is 0 Å². The first-order valence-electron chi connectivity index (χ1n) is 23.8. The third-order valence-electron chi connectivity index (χ3n) is 12.4. The molecule has 4 aromatic carbocycles. The highest BCUT2D eigenvalue weighted by molar-refractivity contribution is 5.99. The van der Waals surface area contributed by atoms with E-state index in [4.69, 9.17) is 34.6 Å². The Morgan fingerprint density at radius 1 is 0.457 bits per heavy atom. The third-order valence-corrected chi connectivity index (χ3v) is 12.4. The first-order chi connectivity index (χ1) is 34.4. The van der Waals surface area contributed by atoms with Crippen molar-refractivity contribution in [1.29, 1.82) is 0 Å². The van der Waals surface area contributed by atoms with E-state index in [0.29, 0.717) is 58.5 Å². The smallest absolute Gasteiger partial charge is 0.134 e. The molecule has 12 heteroatoms. The quantitative estimate of drug-likeness (QED) is 0.0714. The van der Waals surface area contributed by atoms with Crippen LogP contribution in [-0.4, -0.2) is 81.1 Å². The van der Waals surface area contributed by atoms with Crippen molar-refractivity contribution in [2.45, 2.75) is 33.9 Å². The molecule has 0 amide bonds. The van der Waals surface area contributed by atoms with Gasteiger partial charge in [-0.25, -0.2) is 14.6 Å². The lowest BCUT2D eigenvalue weighted by Gasteiger charge is -2.08. The number of H-pyrrole nitrogens is 2. The average molecular weight is 929 g/mol. The van der Waals surface area contributed by atoms with Crippen LogP contribution in [0.25, 0.3) is 90.9 Å². The summed E-state index contributed by atoms with van der Waals surface area (Å²) >= 11 is 0. The number of benzene rings is 4. The maximum Gasteiger partial charge on any atom is 0.134 e. The van der Waals surface area contributed by atoms with E-state index in [1.54, 1.807) is 4.68 Å². The van der Waals surface area contributed by atoms with Crippen molar-refractivity contribution < 1.29 is 18.9 Å². The predicted molar refractivity (Wildman–Crippen MR) is 281 cm³/mol. The third kappa shape index (κ3) is 10.5. The van der Waals surface area contributed by atoms with E-state index in [-0.39, 0.29) is 6.61 Å². The lowest BCUT2D eigenvalue weighted by molar-refractivity contribution is 0.0141. The molecule has 2 aliphatic heterocycles. The molecule has 0 saturated heterocycles. The Labute approximate surface area is 407 Å². The number of hydrogen-bond acceptors (Lipinski definition) is 9. The van der Waals surface area contributed by atoms with Gasteiger partial charge >= 0.3 is 0 Å². The number of aromatic amines is 2. The van der Waals surface area contributed by atoms with Crippen molar-refractivity contribution in [3.8, 4) is 50.3 Å². The van der Waals surface area contributed by atoms with Gasteiger partial charge in [0.15, 0.2) is 0 Å². The molecule has 0 aliphatic carbocycles. The van der Waals surface area contributed by atoms with Crippen LogP contribution < -0.4 is 10.5 Å². The molecule has 0 radical (unpaired) electrons. The highest BCUT2D eigenvalue weighted by atomic mass is 16.5. The van der Waals surface area contributed by atoms with E-state index >= 15 is 0 Å². The molecule has 6 heterocycles. The summed E-state index contributed by atoms with van der Waals surface area (Å²) in [5.41, 5.74) is 25.1. The van der Waals surface area contributed by atoms with Crippen LogP contribution in [0, 0.1) is 20.8 Å². The van der Waals surface area contributed by atoms with Crippen LogP contribution in [0.1, 0.15) is 45.2 Å². The summed E-state index contributed by atoms with van der Waals surface area (Å²) in [7, 11) is 0. The fourth-order valence-corrected chi connectivity index (χ4v) is 8.75. The summed E-state index contributed by atoms with van der Waals surface area (Å²) in [6.07, 6.45) is 10.4. The number of fused-ring (bicyclic) bond motifs is 8. The van der Waals surface area contributed by atoms with Crippen LogP contribution in [0.2, 0.25) is 0 Å². The minimum atomic E-state index is 0.266. The number of nitrogens with one attached hydrogen (secondary N) is 2. The number of ether oxygens (including phenoxy) is 4. The summed E-state index contributed by atoms with van der Waals surface area (Å²) in [6, 6.07) is 42.8. The van der Waals surface area contributed by atoms with Crippen LogP contribution >= 0.6 is 0 Å². The Kier molecular flexibility index (Phi) is 14.0. The van der Waals surface area contributed by atoms with Gasteiger partial charge in [0.05, 0.1) is 75.2 Å². The van der Waals surface area contributed by atoms with Crippen molar-refractivity contribution in [1.82, 2.24) is 34.9 Å². The Balaban J connectivity index is 1.03. The molecular weight excluding hydrogens is 873 g/mol. The van der Waals surface area contributed by atoms with Crippen LogP contribution in [0.15, 0.2) is 128 Å². The number of aryl methyl sites for hydroxylation is 3. The van der Waals surface area contributed by atoms with Gasteiger partial charge in [0.1, 0.15) is 18.1 Å². The lowest BCUT2D eigenvalue weighted by Crippen LogP contribution is -2.14. The van der Waals surface area contributed by atoms with Gasteiger partial charge in [-0.2, -0.15) is 0 Å². The highest BCUT2D eigenvalue weighted by Gasteiger charge is 2.19. The summed E-state index contributed by atoms with van der Waals surface area (Å²) < 4.78 is 24.6. The SMILES string of the molecule is Cc1ccc(-c2c3nc(c(-c4ccc(C)cc4)c4ccc([nH]4)c(-c4ccc(OCc5cn(CCOCCOCCOCCN)nn5)cc4)c4nc(c(-c5ccc(C)cc5)c5ccc2[nH]5)C=C4)C=C3)cc1. The zero-order valence-electron chi connectivity index (χ0n) is 39.7. The molecule has 10 rings (SSSR count). The number of nitrogens with zero attached hydrogens (tertiary/aromatic N) is 5. The summed E-state index contributed by atoms with van der Waals surface area (Å²) in [4.78, 5) is 18.6. The van der Waals surface area contributed by atoms with E-state index in [1.165, 1.54) is 16.7 Å². The average Bonchev–Trinajstić information content (AvgIpc) is 4.25. The van der Waals surface area contributed by atoms with Crippen molar-refractivity contribution in [3.63, 3.8) is 0 Å². The fourth-order valence-electron chi connectivity index (χ4n) is 8.75. The molecule has 0 atom stereocenters. The Hall–Kier alpha value is -7.74. The van der Waals surface area contributed by atoms with E-state index < -0.39 is 0 Å². The molecule has 0 fully saturated rings. The fraction of sp³-hybridized carbons (Fsp3) is 0.207. The molecule has 4 aromatic heterocycles. The van der Waals surface area contributed by atoms with Crippen LogP contribution in [-0.2, 0) is 27.4 Å². The lowest BCUT2D eigenvalue weighted by atomic mass is 10.0. The van der Waals surface area contributed by atoms with Crippen LogP contribution in [0.3, 0.4) is 0 Å². The molecule has 2 aliphatic rings. The molecule has 0 unspecified atom stereocenters. The van der Waals surface area contributed by atoms with Gasteiger partial charge in [-0.3, -0.25) is 0 Å². The minimum absolute atomic E-state index is 0.266. The van der Waals surface area contributed by atoms with E-state index in [0.717, 1.165) is 95.0 Å². The molecule has 70 heavy (non-hydrogen) atoms. The van der Waals surface area contributed by atoms with Crippen molar-refractivity contribution in [2.75, 3.05) is 46.2 Å². The molecule has 4 N–H and O–H groups in total. The van der Waals surface area contributed by atoms with Gasteiger partial charge in [-0.1, -0.05) is 107 Å². The molecule has 12 nitrogen and oxygen atoms in total. The standard InChI is InChI=1S/C58H56N8O4/c1-38-4-10-41(11-5-38)55-47-20-22-49(60-47)56(42-12-6-39(2)7-13-42)51-24-26-53(62-51)58(54-27-25-52(63-54)57(50-23-21-48(55)61-50)43-14-8-40(3)9-15-43)44-16-18-46(19-17-44)70-37-45-36-66(65-64-45)29-31-68-33-35-69-34-32-67-30-28-59/h4-27,36,60,63H,28-35,37,59H2,1-3H3. The second-order valence-electron chi connectivity index (χ2n) is 17.5. The van der Waals surface area contributed by atoms with Crippen LogP contribution in [0.5, 0.6) is 5.75 Å². The van der Waals surface area contributed by atoms with E-state index in [1.807, 2.05) is 18.3 Å². The predicted octanol–water partition coefficient (Wildman–Crippen LogP) is 11.4. The summed E-state index contributed by atoms with van der Waals surface area (Å²) in [6.45, 7) is 10.7. The number of rotatable bonds is 18. The van der Waals surface area contributed by atoms with Gasteiger partial charge in [-0.15, -0.1) is 5.10 Å². The largest absolute Gasteiger partial charge is 0.487 e. The zero-order chi connectivity index (χ0) is 47.8. The van der Waals surface area contributed by atoms with E-state index in [2.05, 4.69) is 175 Å². The number of aromatic nitrogens is 7. The van der Waals surface area contributed by atoms with Gasteiger partial charge in [0, 0.05) is 50.9 Å². The normalized spacial score (nSPS) is 12.0. The maximum absolute atomic E-state index is 6.25.